The van der Waals surface area contributed by atoms with Crippen LogP contribution >= 0.6 is 0 Å². The second-order valence-electron chi connectivity index (χ2n) is 5.13. The third kappa shape index (κ3) is 3.81. The summed E-state index contributed by atoms with van der Waals surface area (Å²) in [7, 11) is 0. The predicted molar refractivity (Wildman–Crippen MR) is 70.6 cm³/mol. The quantitative estimate of drug-likeness (QED) is 0.823. The van der Waals surface area contributed by atoms with Crippen LogP contribution in [0.4, 0.5) is 0 Å². The second-order valence-corrected chi connectivity index (χ2v) is 7.13. The maximum Gasteiger partial charge on any atom is 0.136 e. The van der Waals surface area contributed by atoms with Crippen molar-refractivity contribution in [1.29, 1.82) is 0 Å². The summed E-state index contributed by atoms with van der Waals surface area (Å²) in [6.07, 6.45) is 0. The molecule has 0 aliphatic rings. The van der Waals surface area contributed by atoms with Gasteiger partial charge in [-0.3, -0.25) is 0 Å². The molecule has 0 aliphatic carbocycles. The van der Waals surface area contributed by atoms with E-state index in [1.807, 2.05) is 27.7 Å². The standard InChI is InChI=1S/C13H21NOS/c1-10-6-8-12(9-7-10)11(2)14-16(15)13(3,4)5/h6-9,11,14H,1-5H3/t11-,16+/m0/s1. The number of hydrogen-bond donors (Lipinski definition) is 1. The van der Waals surface area contributed by atoms with Crippen molar-refractivity contribution in [3.05, 3.63) is 35.4 Å². The van der Waals surface area contributed by atoms with Gasteiger partial charge < -0.3 is 4.55 Å². The molecule has 0 heterocycles. The number of aryl methyl sites for hydroxylation is 1. The molecule has 0 aromatic heterocycles. The summed E-state index contributed by atoms with van der Waals surface area (Å²) >= 11 is -1.02. The number of nitrogens with one attached hydrogen (secondary N) is 1. The summed E-state index contributed by atoms with van der Waals surface area (Å²) in [5, 5.41) is 0. The molecule has 0 unspecified atom stereocenters. The van der Waals surface area contributed by atoms with Crippen molar-refractivity contribution in [3.63, 3.8) is 0 Å². The molecule has 3 heteroatoms. The Balaban J connectivity index is 2.65. The van der Waals surface area contributed by atoms with Crippen LogP contribution in [0.5, 0.6) is 0 Å². The molecule has 0 amide bonds. The molecule has 2 atom stereocenters. The van der Waals surface area contributed by atoms with E-state index in [0.717, 1.165) is 0 Å². The Hall–Kier alpha value is -0.510. The average Bonchev–Trinajstić information content (AvgIpc) is 2.17. The van der Waals surface area contributed by atoms with Gasteiger partial charge in [-0.15, -0.1) is 4.72 Å². The molecule has 0 saturated heterocycles. The summed E-state index contributed by atoms with van der Waals surface area (Å²) in [4.78, 5) is 0. The molecule has 0 bridgehead atoms. The largest absolute Gasteiger partial charge is 0.598 e. The van der Waals surface area contributed by atoms with E-state index in [2.05, 4.69) is 35.9 Å². The lowest BCUT2D eigenvalue weighted by Gasteiger charge is -2.26. The maximum atomic E-state index is 11.9. The highest BCUT2D eigenvalue weighted by molar-refractivity contribution is 7.90. The Kier molecular flexibility index (Phi) is 4.42. The van der Waals surface area contributed by atoms with Crippen LogP contribution in [-0.2, 0) is 11.4 Å². The fourth-order valence-electron chi connectivity index (χ4n) is 1.26. The summed E-state index contributed by atoms with van der Waals surface area (Å²) in [6, 6.07) is 8.42. The molecule has 0 spiro atoms. The van der Waals surface area contributed by atoms with Crippen LogP contribution in [-0.4, -0.2) is 9.30 Å². The molecule has 90 valence electrons. The van der Waals surface area contributed by atoms with Gasteiger partial charge in [0.25, 0.3) is 0 Å². The van der Waals surface area contributed by atoms with Crippen LogP contribution in [0.1, 0.15) is 44.9 Å². The van der Waals surface area contributed by atoms with E-state index in [1.54, 1.807) is 0 Å². The lowest BCUT2D eigenvalue weighted by atomic mass is 10.1. The van der Waals surface area contributed by atoms with Gasteiger partial charge in [0, 0.05) is 11.4 Å². The van der Waals surface area contributed by atoms with E-state index < -0.39 is 11.4 Å². The van der Waals surface area contributed by atoms with E-state index in [1.165, 1.54) is 11.1 Å². The topological polar surface area (TPSA) is 35.1 Å². The minimum Gasteiger partial charge on any atom is -0.598 e. The average molecular weight is 239 g/mol. The van der Waals surface area contributed by atoms with Crippen LogP contribution in [0, 0.1) is 6.92 Å². The van der Waals surface area contributed by atoms with E-state index >= 15 is 0 Å². The number of hydrogen-bond acceptors (Lipinski definition) is 2. The Morgan fingerprint density at radius 3 is 2.12 bits per heavy atom. The molecular weight excluding hydrogens is 218 g/mol. The van der Waals surface area contributed by atoms with Crippen molar-refractivity contribution in [1.82, 2.24) is 4.72 Å². The van der Waals surface area contributed by atoms with Gasteiger partial charge in [0.15, 0.2) is 0 Å². The molecule has 1 aromatic rings. The Morgan fingerprint density at radius 2 is 1.69 bits per heavy atom. The van der Waals surface area contributed by atoms with Crippen molar-refractivity contribution in [2.75, 3.05) is 0 Å². The van der Waals surface area contributed by atoms with Crippen LogP contribution in [0.25, 0.3) is 0 Å². The lowest BCUT2D eigenvalue weighted by Crippen LogP contribution is -2.40. The van der Waals surface area contributed by atoms with Gasteiger partial charge in [-0.2, -0.15) is 0 Å². The maximum absolute atomic E-state index is 11.9. The van der Waals surface area contributed by atoms with E-state index in [0.29, 0.717) is 0 Å². The van der Waals surface area contributed by atoms with Crippen LogP contribution in [0.2, 0.25) is 0 Å². The normalized spacial score (nSPS) is 15.9. The highest BCUT2D eigenvalue weighted by atomic mass is 32.2. The molecule has 0 saturated carbocycles. The summed E-state index contributed by atoms with van der Waals surface area (Å²) in [6.45, 7) is 10.0. The highest BCUT2D eigenvalue weighted by Crippen LogP contribution is 2.19. The number of rotatable bonds is 3. The molecule has 0 aliphatic heterocycles. The van der Waals surface area contributed by atoms with Crippen molar-refractivity contribution >= 4 is 11.4 Å². The first kappa shape index (κ1) is 13.6. The first-order valence-electron chi connectivity index (χ1n) is 5.55. The summed E-state index contributed by atoms with van der Waals surface area (Å²) < 4.78 is 14.8. The van der Waals surface area contributed by atoms with Crippen molar-refractivity contribution < 1.29 is 4.55 Å². The monoisotopic (exact) mass is 239 g/mol. The van der Waals surface area contributed by atoms with Crippen LogP contribution in [0.15, 0.2) is 24.3 Å². The van der Waals surface area contributed by atoms with Gasteiger partial charge in [0.05, 0.1) is 6.04 Å². The molecule has 2 nitrogen and oxygen atoms in total. The number of benzene rings is 1. The van der Waals surface area contributed by atoms with Gasteiger partial charge in [-0.1, -0.05) is 29.8 Å². The van der Waals surface area contributed by atoms with Gasteiger partial charge in [-0.25, -0.2) is 0 Å². The van der Waals surface area contributed by atoms with Gasteiger partial charge in [0.2, 0.25) is 0 Å². The van der Waals surface area contributed by atoms with Gasteiger partial charge >= 0.3 is 0 Å². The Bertz CT molecular complexity index is 329. The van der Waals surface area contributed by atoms with Crippen LogP contribution < -0.4 is 4.72 Å². The third-order valence-corrected chi connectivity index (χ3v) is 4.10. The lowest BCUT2D eigenvalue weighted by molar-refractivity contribution is 0.531. The molecule has 0 fully saturated rings. The zero-order chi connectivity index (χ0) is 12.3. The Morgan fingerprint density at radius 1 is 1.19 bits per heavy atom. The highest BCUT2D eigenvalue weighted by Gasteiger charge is 2.28. The first-order valence-corrected chi connectivity index (χ1v) is 6.70. The van der Waals surface area contributed by atoms with Gasteiger partial charge in [-0.05, 0) is 40.2 Å². The first-order chi connectivity index (χ1) is 7.30. The third-order valence-electron chi connectivity index (χ3n) is 2.42. The van der Waals surface area contributed by atoms with Gasteiger partial charge in [0.1, 0.15) is 4.75 Å². The van der Waals surface area contributed by atoms with Crippen LogP contribution in [0.3, 0.4) is 0 Å². The van der Waals surface area contributed by atoms with E-state index in [9.17, 15) is 4.55 Å². The minimum atomic E-state index is -1.02. The molecule has 1 rings (SSSR count). The zero-order valence-corrected chi connectivity index (χ0v) is 11.5. The summed E-state index contributed by atoms with van der Waals surface area (Å²) in [5.41, 5.74) is 2.41. The molecule has 1 N–H and O–H groups in total. The Labute approximate surface area is 102 Å². The smallest absolute Gasteiger partial charge is 0.136 e. The summed E-state index contributed by atoms with van der Waals surface area (Å²) in [5.74, 6) is 0. The second kappa shape index (κ2) is 5.21. The van der Waals surface area contributed by atoms with E-state index in [4.69, 9.17) is 0 Å². The molecule has 16 heavy (non-hydrogen) atoms. The molecule has 1 aromatic carbocycles. The fraction of sp³-hybridized carbons (Fsp3) is 0.538. The van der Waals surface area contributed by atoms with Crippen molar-refractivity contribution in [3.8, 4) is 0 Å². The van der Waals surface area contributed by atoms with Crippen molar-refractivity contribution in [2.45, 2.75) is 45.4 Å². The molecular formula is C13H21NOS. The predicted octanol–water partition coefficient (Wildman–Crippen LogP) is 3.11. The SMILES string of the molecule is Cc1ccc([C@H](C)N[S@+]([O-])C(C)(C)C)cc1. The van der Waals surface area contributed by atoms with E-state index in [-0.39, 0.29) is 10.8 Å². The zero-order valence-electron chi connectivity index (χ0n) is 10.7. The minimum absolute atomic E-state index is 0.112. The molecule has 0 radical (unpaired) electrons. The van der Waals surface area contributed by atoms with Crippen molar-refractivity contribution in [2.24, 2.45) is 0 Å². The fourth-order valence-corrected chi connectivity index (χ4v) is 2.07.